The van der Waals surface area contributed by atoms with Crippen LogP contribution in [0.15, 0.2) is 39.1 Å². The fourth-order valence-electron chi connectivity index (χ4n) is 2.30. The summed E-state index contributed by atoms with van der Waals surface area (Å²) in [5.74, 6) is 0.227. The van der Waals surface area contributed by atoms with Crippen LogP contribution in [0, 0.1) is 13.8 Å². The molecule has 1 unspecified atom stereocenters. The minimum absolute atomic E-state index is 0.0279. The molecule has 0 aromatic carbocycles. The number of aliphatic hydroxyl groups excluding tert-OH is 1. The van der Waals surface area contributed by atoms with Crippen molar-refractivity contribution >= 4 is 32.7 Å². The predicted molar refractivity (Wildman–Crippen MR) is 93.8 cm³/mol. The van der Waals surface area contributed by atoms with E-state index in [1.807, 2.05) is 29.6 Å². The van der Waals surface area contributed by atoms with Gasteiger partial charge in [0.15, 0.2) is 5.76 Å². The Morgan fingerprint density at radius 3 is 2.71 bits per heavy atom. The van der Waals surface area contributed by atoms with Crippen LogP contribution in [0.5, 0.6) is 0 Å². The van der Waals surface area contributed by atoms with Gasteiger partial charge >= 0.3 is 0 Å². The fourth-order valence-corrected chi connectivity index (χ4v) is 5.49. The molecule has 0 saturated carbocycles. The molecule has 0 aliphatic rings. The lowest BCUT2D eigenvalue weighted by Crippen LogP contribution is -2.29. The zero-order valence-electron chi connectivity index (χ0n) is 13.0. The molecule has 0 radical (unpaired) electrons. The van der Waals surface area contributed by atoms with Crippen molar-refractivity contribution in [2.45, 2.75) is 24.8 Å². The van der Waals surface area contributed by atoms with E-state index in [4.69, 9.17) is 4.52 Å². The SMILES string of the molecule is Cc1noc(C)c1S(=O)(=O)NCC(O)c1ccc(-c2cccs2)s1. The number of aryl methyl sites for hydroxylation is 2. The highest BCUT2D eigenvalue weighted by atomic mass is 32.2. The number of nitrogens with zero attached hydrogens (tertiary/aromatic N) is 1. The van der Waals surface area contributed by atoms with Crippen molar-refractivity contribution in [1.82, 2.24) is 9.88 Å². The van der Waals surface area contributed by atoms with Crippen LogP contribution in [0.1, 0.15) is 22.4 Å². The Morgan fingerprint density at radius 2 is 2.08 bits per heavy atom. The second kappa shape index (κ2) is 6.77. The summed E-state index contributed by atoms with van der Waals surface area (Å²) in [7, 11) is -3.78. The topological polar surface area (TPSA) is 92.4 Å². The molecule has 3 heterocycles. The van der Waals surface area contributed by atoms with Crippen molar-refractivity contribution in [1.29, 1.82) is 0 Å². The number of aromatic nitrogens is 1. The van der Waals surface area contributed by atoms with E-state index in [1.54, 1.807) is 18.3 Å². The van der Waals surface area contributed by atoms with Crippen LogP contribution in [0.2, 0.25) is 0 Å². The lowest BCUT2D eigenvalue weighted by Gasteiger charge is -2.10. The normalized spacial score (nSPS) is 13.3. The van der Waals surface area contributed by atoms with Gasteiger partial charge in [-0.1, -0.05) is 11.2 Å². The van der Waals surface area contributed by atoms with Gasteiger partial charge < -0.3 is 9.63 Å². The standard InChI is InChI=1S/C15H16N2O4S3/c1-9-15(10(2)21-17-9)24(19,20)16-8-11(18)12-5-6-14(23-12)13-4-3-7-22-13/h3-7,11,16,18H,8H2,1-2H3. The largest absolute Gasteiger partial charge is 0.386 e. The molecule has 2 N–H and O–H groups in total. The zero-order valence-corrected chi connectivity index (χ0v) is 15.5. The molecule has 3 aromatic rings. The van der Waals surface area contributed by atoms with E-state index in [9.17, 15) is 13.5 Å². The van der Waals surface area contributed by atoms with Crippen LogP contribution in [-0.2, 0) is 10.0 Å². The summed E-state index contributed by atoms with van der Waals surface area (Å²) in [6.45, 7) is 2.99. The lowest BCUT2D eigenvalue weighted by molar-refractivity contribution is 0.185. The maximum atomic E-state index is 12.3. The highest BCUT2D eigenvalue weighted by molar-refractivity contribution is 7.89. The minimum Gasteiger partial charge on any atom is -0.386 e. The van der Waals surface area contributed by atoms with Gasteiger partial charge in [0.05, 0.1) is 0 Å². The van der Waals surface area contributed by atoms with Crippen LogP contribution in [-0.4, -0.2) is 25.2 Å². The van der Waals surface area contributed by atoms with Crippen LogP contribution in [0.3, 0.4) is 0 Å². The second-order valence-electron chi connectivity index (χ2n) is 5.20. The molecule has 6 nitrogen and oxygen atoms in total. The molecule has 3 rings (SSSR count). The van der Waals surface area contributed by atoms with Gasteiger partial charge in [-0.2, -0.15) is 0 Å². The Bertz CT molecular complexity index is 906. The third-order valence-electron chi connectivity index (χ3n) is 3.42. The number of hydrogen-bond donors (Lipinski definition) is 2. The number of aliphatic hydroxyl groups is 1. The van der Waals surface area contributed by atoms with Crippen LogP contribution in [0.4, 0.5) is 0 Å². The van der Waals surface area contributed by atoms with Crippen molar-refractivity contribution < 1.29 is 18.0 Å². The Kier molecular flexibility index (Phi) is 4.88. The molecule has 0 amide bonds. The highest BCUT2D eigenvalue weighted by Crippen LogP contribution is 2.34. The van der Waals surface area contributed by atoms with E-state index < -0.39 is 16.1 Å². The number of nitrogens with one attached hydrogen (secondary N) is 1. The first-order valence-corrected chi connectivity index (χ1v) is 10.3. The smallest absolute Gasteiger partial charge is 0.246 e. The maximum Gasteiger partial charge on any atom is 0.246 e. The van der Waals surface area contributed by atoms with Gasteiger partial charge in [-0.3, -0.25) is 0 Å². The predicted octanol–water partition coefficient (Wildman–Crippen LogP) is 3.09. The van der Waals surface area contributed by atoms with Gasteiger partial charge in [-0.15, -0.1) is 22.7 Å². The molecule has 128 valence electrons. The highest BCUT2D eigenvalue weighted by Gasteiger charge is 2.25. The van der Waals surface area contributed by atoms with Gasteiger partial charge in [0, 0.05) is 21.2 Å². The third-order valence-corrected chi connectivity index (χ3v) is 7.34. The number of rotatable bonds is 6. The number of thiophene rings is 2. The van der Waals surface area contributed by atoms with Crippen LogP contribution >= 0.6 is 22.7 Å². The van der Waals surface area contributed by atoms with Crippen molar-refractivity contribution in [2.75, 3.05) is 6.54 Å². The first kappa shape index (κ1) is 17.3. The fraction of sp³-hybridized carbons (Fsp3) is 0.267. The van der Waals surface area contributed by atoms with Crippen LogP contribution in [0.25, 0.3) is 9.75 Å². The zero-order chi connectivity index (χ0) is 17.3. The van der Waals surface area contributed by atoms with Crippen molar-refractivity contribution in [3.05, 3.63) is 46.0 Å². The van der Waals surface area contributed by atoms with Gasteiger partial charge in [0.25, 0.3) is 0 Å². The summed E-state index contributed by atoms with van der Waals surface area (Å²) in [6.07, 6.45) is -0.918. The summed E-state index contributed by atoms with van der Waals surface area (Å²) in [4.78, 5) is 2.90. The summed E-state index contributed by atoms with van der Waals surface area (Å²) in [6, 6.07) is 7.72. The first-order valence-electron chi connectivity index (χ1n) is 7.12. The van der Waals surface area contributed by atoms with Gasteiger partial charge in [0.1, 0.15) is 16.7 Å². The second-order valence-corrected chi connectivity index (χ2v) is 8.97. The monoisotopic (exact) mass is 384 g/mol. The molecular weight excluding hydrogens is 368 g/mol. The van der Waals surface area contributed by atoms with E-state index >= 15 is 0 Å². The quantitative estimate of drug-likeness (QED) is 0.681. The van der Waals surface area contributed by atoms with Gasteiger partial charge in [-0.25, -0.2) is 13.1 Å². The van der Waals surface area contributed by atoms with Crippen molar-refractivity contribution in [3.8, 4) is 9.75 Å². The molecule has 1 atom stereocenters. The van der Waals surface area contributed by atoms with E-state index in [1.165, 1.54) is 18.3 Å². The maximum absolute atomic E-state index is 12.3. The molecule has 24 heavy (non-hydrogen) atoms. The van der Waals surface area contributed by atoms with E-state index in [0.717, 1.165) is 9.75 Å². The molecule has 0 spiro atoms. The molecule has 3 aromatic heterocycles. The Balaban J connectivity index is 1.71. The van der Waals surface area contributed by atoms with Crippen LogP contribution < -0.4 is 4.72 Å². The van der Waals surface area contributed by atoms with Crippen molar-refractivity contribution in [2.24, 2.45) is 0 Å². The molecule has 0 aliphatic heterocycles. The average molecular weight is 385 g/mol. The third kappa shape index (κ3) is 3.45. The number of hydrogen-bond acceptors (Lipinski definition) is 7. The Morgan fingerprint density at radius 1 is 1.29 bits per heavy atom. The lowest BCUT2D eigenvalue weighted by atomic mass is 10.3. The van der Waals surface area contributed by atoms with E-state index in [2.05, 4.69) is 9.88 Å². The molecule has 9 heteroatoms. The summed E-state index contributed by atoms with van der Waals surface area (Å²) in [5, 5.41) is 15.9. The minimum atomic E-state index is -3.78. The average Bonchev–Trinajstić information content (AvgIpc) is 3.24. The molecule has 0 saturated heterocycles. The summed E-state index contributed by atoms with van der Waals surface area (Å²) < 4.78 is 32.0. The molecule has 0 aliphatic carbocycles. The van der Waals surface area contributed by atoms with Gasteiger partial charge in [-0.05, 0) is 37.4 Å². The molecule has 0 fully saturated rings. The van der Waals surface area contributed by atoms with Crippen molar-refractivity contribution in [3.63, 3.8) is 0 Å². The molecule has 0 bridgehead atoms. The summed E-state index contributed by atoms with van der Waals surface area (Å²) >= 11 is 3.07. The first-order chi connectivity index (χ1) is 11.4. The van der Waals surface area contributed by atoms with E-state index in [0.29, 0.717) is 10.6 Å². The van der Waals surface area contributed by atoms with E-state index in [-0.39, 0.29) is 17.2 Å². The summed E-state index contributed by atoms with van der Waals surface area (Å²) in [5.41, 5.74) is 0.297. The Labute approximate surface area is 147 Å². The Hall–Kier alpha value is -1.52. The number of sulfonamides is 1. The molecular formula is C15H16N2O4S3. The van der Waals surface area contributed by atoms with Gasteiger partial charge in [0.2, 0.25) is 10.0 Å².